The highest BCUT2D eigenvalue weighted by Gasteiger charge is 2.31. The van der Waals surface area contributed by atoms with Gasteiger partial charge in [0.1, 0.15) is 5.10 Å². The molecule has 0 saturated carbocycles. The molecule has 2 aliphatic rings. The van der Waals surface area contributed by atoms with Gasteiger partial charge in [-0.3, -0.25) is 9.69 Å². The molecule has 1 atom stereocenters. The van der Waals surface area contributed by atoms with Crippen LogP contribution in [0.3, 0.4) is 0 Å². The predicted octanol–water partition coefficient (Wildman–Crippen LogP) is 0.125. The summed E-state index contributed by atoms with van der Waals surface area (Å²) in [6, 6.07) is 0. The predicted molar refractivity (Wildman–Crippen MR) is 66.9 cm³/mol. The monoisotopic (exact) mass is 270 g/mol. The van der Waals surface area contributed by atoms with Gasteiger partial charge in [0.25, 0.3) is 5.96 Å². The largest absolute Gasteiger partial charge is 0.381 e. The number of carbonyl (C=O) groups is 1. The maximum Gasteiger partial charge on any atom is 0.280 e. The number of rotatable bonds is 3. The zero-order valence-electron chi connectivity index (χ0n) is 10.9. The second kappa shape index (κ2) is 5.96. The van der Waals surface area contributed by atoms with Crippen LogP contribution in [0.1, 0.15) is 19.8 Å². The molecule has 2 rings (SSSR count). The summed E-state index contributed by atoms with van der Waals surface area (Å²) in [5, 5.41) is 13.3. The number of hydrazone groups is 1. The molecule has 2 heterocycles. The quantitative estimate of drug-likeness (QED) is 0.537. The van der Waals surface area contributed by atoms with Crippen LogP contribution < -0.4 is 0 Å². The Morgan fingerprint density at radius 2 is 2.37 bits per heavy atom. The third-order valence-corrected chi connectivity index (χ3v) is 3.39. The average molecular weight is 270 g/mol. The molecule has 2 saturated heterocycles. The van der Waals surface area contributed by atoms with Crippen molar-refractivity contribution >= 4 is 11.9 Å². The first-order valence-electron chi connectivity index (χ1n) is 6.41. The Morgan fingerprint density at radius 3 is 2.95 bits per heavy atom. The van der Waals surface area contributed by atoms with E-state index in [1.165, 1.54) is 11.8 Å². The molecule has 0 bridgehead atoms. The maximum absolute atomic E-state index is 11.5. The molecule has 0 spiro atoms. The number of nitrogens with zero attached hydrogens (tertiary/aromatic N) is 4. The van der Waals surface area contributed by atoms with E-state index in [0.717, 1.165) is 19.4 Å². The van der Waals surface area contributed by atoms with Crippen LogP contribution in [0, 0.1) is 16.0 Å². The Labute approximate surface area is 111 Å². The summed E-state index contributed by atoms with van der Waals surface area (Å²) in [5.41, 5.74) is 0. The highest BCUT2D eigenvalue weighted by atomic mass is 16.7. The van der Waals surface area contributed by atoms with Crippen LogP contribution in [0.4, 0.5) is 0 Å². The van der Waals surface area contributed by atoms with Crippen molar-refractivity contribution < 1.29 is 14.6 Å². The zero-order chi connectivity index (χ0) is 13.8. The van der Waals surface area contributed by atoms with Gasteiger partial charge in [0.2, 0.25) is 5.91 Å². The fraction of sp³-hybridized carbons (Fsp3) is 0.818. The van der Waals surface area contributed by atoms with E-state index in [0.29, 0.717) is 32.2 Å². The van der Waals surface area contributed by atoms with Crippen molar-refractivity contribution in [1.29, 1.82) is 0 Å². The minimum atomic E-state index is -0.741. The van der Waals surface area contributed by atoms with Crippen molar-refractivity contribution in [3.8, 4) is 0 Å². The normalized spacial score (nSPS) is 25.9. The third-order valence-electron chi connectivity index (χ3n) is 3.39. The lowest BCUT2D eigenvalue weighted by Crippen LogP contribution is -2.53. The number of nitro groups is 1. The first-order valence-corrected chi connectivity index (χ1v) is 6.41. The molecule has 0 aromatic carbocycles. The van der Waals surface area contributed by atoms with Crippen molar-refractivity contribution in [2.24, 2.45) is 11.0 Å². The molecular formula is C11H18N4O4. The van der Waals surface area contributed by atoms with Gasteiger partial charge in [0.05, 0.1) is 6.61 Å². The van der Waals surface area contributed by atoms with Gasteiger partial charge in [0, 0.05) is 39.1 Å². The van der Waals surface area contributed by atoms with Crippen LogP contribution in [0.25, 0.3) is 0 Å². The molecule has 2 aliphatic heterocycles. The fourth-order valence-corrected chi connectivity index (χ4v) is 2.49. The number of hydrogen-bond donors (Lipinski definition) is 0. The van der Waals surface area contributed by atoms with Crippen LogP contribution in [-0.4, -0.2) is 59.5 Å². The Hall–Kier alpha value is -1.70. The SMILES string of the molecule is CC(=O)N1CCCN(CC2CCOC2)C1=N[N+](=O)[O-]. The number of guanidine groups is 1. The van der Waals surface area contributed by atoms with Crippen LogP contribution in [0.2, 0.25) is 0 Å². The van der Waals surface area contributed by atoms with Crippen LogP contribution >= 0.6 is 0 Å². The van der Waals surface area contributed by atoms with Crippen molar-refractivity contribution in [3.05, 3.63) is 10.1 Å². The van der Waals surface area contributed by atoms with E-state index in [4.69, 9.17) is 4.74 Å². The molecule has 0 aliphatic carbocycles. The van der Waals surface area contributed by atoms with Gasteiger partial charge in [-0.1, -0.05) is 0 Å². The van der Waals surface area contributed by atoms with Crippen LogP contribution in [0.5, 0.6) is 0 Å². The highest BCUT2D eigenvalue weighted by Crippen LogP contribution is 2.18. The van der Waals surface area contributed by atoms with Crippen LogP contribution in [0.15, 0.2) is 5.10 Å². The number of hydrogen-bond acceptors (Lipinski definition) is 4. The lowest BCUT2D eigenvalue weighted by molar-refractivity contribution is -0.486. The van der Waals surface area contributed by atoms with Gasteiger partial charge in [-0.05, 0) is 12.8 Å². The minimum absolute atomic E-state index is 0.163. The number of amides is 1. The topological polar surface area (TPSA) is 88.3 Å². The van der Waals surface area contributed by atoms with Crippen molar-refractivity contribution in [2.45, 2.75) is 19.8 Å². The van der Waals surface area contributed by atoms with Crippen molar-refractivity contribution in [1.82, 2.24) is 9.80 Å². The van der Waals surface area contributed by atoms with Gasteiger partial charge >= 0.3 is 0 Å². The number of ether oxygens (including phenoxy) is 1. The Morgan fingerprint density at radius 1 is 1.58 bits per heavy atom. The lowest BCUT2D eigenvalue weighted by atomic mass is 10.1. The van der Waals surface area contributed by atoms with E-state index in [-0.39, 0.29) is 11.9 Å². The maximum atomic E-state index is 11.5. The smallest absolute Gasteiger partial charge is 0.280 e. The summed E-state index contributed by atoms with van der Waals surface area (Å²) >= 11 is 0. The molecule has 0 N–H and O–H groups in total. The molecule has 1 amide bonds. The van der Waals surface area contributed by atoms with Crippen molar-refractivity contribution in [2.75, 3.05) is 32.8 Å². The van der Waals surface area contributed by atoms with E-state index in [1.807, 2.05) is 4.90 Å². The molecular weight excluding hydrogens is 252 g/mol. The van der Waals surface area contributed by atoms with Crippen LogP contribution in [-0.2, 0) is 9.53 Å². The van der Waals surface area contributed by atoms with Gasteiger partial charge in [0.15, 0.2) is 5.03 Å². The Bertz CT molecular complexity index is 392. The van der Waals surface area contributed by atoms with E-state index in [9.17, 15) is 14.9 Å². The molecule has 19 heavy (non-hydrogen) atoms. The van der Waals surface area contributed by atoms with E-state index in [1.54, 1.807) is 0 Å². The standard InChI is InChI=1S/C11H18N4O4/c1-9(16)14-5-2-4-13(11(14)12-15(17)18)7-10-3-6-19-8-10/h10H,2-8H2,1H3. The lowest BCUT2D eigenvalue weighted by Gasteiger charge is -2.36. The third kappa shape index (κ3) is 3.40. The summed E-state index contributed by atoms with van der Waals surface area (Å²) in [7, 11) is 0. The van der Waals surface area contributed by atoms with E-state index in [2.05, 4.69) is 5.10 Å². The highest BCUT2D eigenvalue weighted by molar-refractivity contribution is 5.96. The summed E-state index contributed by atoms with van der Waals surface area (Å²) in [5.74, 6) is 0.299. The fourth-order valence-electron chi connectivity index (χ4n) is 2.49. The van der Waals surface area contributed by atoms with E-state index >= 15 is 0 Å². The van der Waals surface area contributed by atoms with Crippen molar-refractivity contribution in [3.63, 3.8) is 0 Å². The van der Waals surface area contributed by atoms with Gasteiger partial charge < -0.3 is 9.64 Å². The van der Waals surface area contributed by atoms with E-state index < -0.39 is 5.03 Å². The summed E-state index contributed by atoms with van der Waals surface area (Å²) < 4.78 is 5.31. The zero-order valence-corrected chi connectivity index (χ0v) is 10.9. The summed E-state index contributed by atoms with van der Waals surface area (Å²) in [4.78, 5) is 25.4. The summed E-state index contributed by atoms with van der Waals surface area (Å²) in [6.45, 7) is 4.62. The number of carbonyl (C=O) groups excluding carboxylic acids is 1. The van der Waals surface area contributed by atoms with Gasteiger partial charge in [-0.15, -0.1) is 0 Å². The Balaban J connectivity index is 2.13. The summed E-state index contributed by atoms with van der Waals surface area (Å²) in [6.07, 6.45) is 1.74. The Kier molecular flexibility index (Phi) is 4.31. The molecule has 2 fully saturated rings. The molecule has 0 aromatic heterocycles. The molecule has 8 nitrogen and oxygen atoms in total. The molecule has 1 unspecified atom stereocenters. The second-order valence-corrected chi connectivity index (χ2v) is 4.84. The average Bonchev–Trinajstić information content (AvgIpc) is 2.83. The molecule has 0 aromatic rings. The van der Waals surface area contributed by atoms with Gasteiger partial charge in [-0.2, -0.15) is 0 Å². The van der Waals surface area contributed by atoms with Gasteiger partial charge in [-0.25, -0.2) is 10.1 Å². The first kappa shape index (κ1) is 13.7. The minimum Gasteiger partial charge on any atom is -0.381 e. The molecule has 106 valence electrons. The first-order chi connectivity index (χ1) is 9.08. The molecule has 8 heteroatoms. The molecule has 0 radical (unpaired) electrons. The second-order valence-electron chi connectivity index (χ2n) is 4.84.